The van der Waals surface area contributed by atoms with E-state index in [0.29, 0.717) is 32.7 Å². The Morgan fingerprint density at radius 1 is 1.05 bits per heavy atom. The number of carbonyl (C=O) groups excluding carboxylic acids is 2. The first-order chi connectivity index (χ1) is 9.41. The molecule has 20 heavy (non-hydrogen) atoms. The molecule has 0 spiro atoms. The van der Waals surface area contributed by atoms with Crippen LogP contribution in [0.5, 0.6) is 0 Å². The lowest BCUT2D eigenvalue weighted by molar-refractivity contribution is -0.143. The van der Waals surface area contributed by atoms with E-state index in [-0.39, 0.29) is 11.9 Å². The second-order valence-electron chi connectivity index (χ2n) is 5.65. The smallest absolute Gasteiger partial charge is 0.319 e. The molecule has 0 aromatic heterocycles. The van der Waals surface area contributed by atoms with Crippen molar-refractivity contribution in [1.82, 2.24) is 14.7 Å². The van der Waals surface area contributed by atoms with Crippen LogP contribution in [0.15, 0.2) is 0 Å². The summed E-state index contributed by atoms with van der Waals surface area (Å²) in [6.45, 7) is 6.80. The van der Waals surface area contributed by atoms with Crippen molar-refractivity contribution in [3.8, 4) is 0 Å². The van der Waals surface area contributed by atoms with Gasteiger partial charge >= 0.3 is 6.03 Å². The van der Waals surface area contributed by atoms with E-state index in [1.165, 1.54) is 0 Å². The van der Waals surface area contributed by atoms with Crippen molar-refractivity contribution in [3.63, 3.8) is 0 Å². The van der Waals surface area contributed by atoms with E-state index in [0.717, 1.165) is 12.8 Å². The summed E-state index contributed by atoms with van der Waals surface area (Å²) in [6, 6.07) is 0.00756. The molecular weight excluding hydrogens is 256 g/mol. The summed E-state index contributed by atoms with van der Waals surface area (Å²) < 4.78 is 0. The van der Waals surface area contributed by atoms with Crippen molar-refractivity contribution < 1.29 is 9.59 Å². The van der Waals surface area contributed by atoms with Crippen LogP contribution in [-0.2, 0) is 4.79 Å². The second kappa shape index (κ2) is 6.92. The largest absolute Gasteiger partial charge is 0.339 e. The first-order valence-electron chi connectivity index (χ1n) is 7.37. The maximum atomic E-state index is 12.7. The molecule has 0 aliphatic carbocycles. The Hall–Kier alpha value is -1.30. The standard InChI is InChI=1S/C14H28N4O2/c1-5-14(6-2,11-15)12(19)17-7-9-18(10-8-17)13(20)16(3)4/h5-11,15H2,1-4H3. The van der Waals surface area contributed by atoms with Crippen LogP contribution in [0.4, 0.5) is 4.79 Å². The summed E-state index contributed by atoms with van der Waals surface area (Å²) in [5, 5.41) is 0. The normalized spacial score (nSPS) is 16.2. The molecule has 1 aliphatic rings. The summed E-state index contributed by atoms with van der Waals surface area (Å²) in [5.74, 6) is 0.141. The molecule has 1 fully saturated rings. The number of rotatable bonds is 4. The fourth-order valence-corrected chi connectivity index (χ4v) is 2.65. The predicted molar refractivity (Wildman–Crippen MR) is 79.3 cm³/mol. The number of hydrogen-bond acceptors (Lipinski definition) is 3. The van der Waals surface area contributed by atoms with Crippen LogP contribution in [0, 0.1) is 5.41 Å². The maximum Gasteiger partial charge on any atom is 0.319 e. The second-order valence-corrected chi connectivity index (χ2v) is 5.65. The predicted octanol–water partition coefficient (Wildman–Crippen LogP) is 0.577. The maximum absolute atomic E-state index is 12.7. The van der Waals surface area contributed by atoms with Gasteiger partial charge in [-0.2, -0.15) is 0 Å². The topological polar surface area (TPSA) is 69.9 Å². The van der Waals surface area contributed by atoms with Crippen molar-refractivity contribution in [2.75, 3.05) is 46.8 Å². The molecule has 0 aromatic rings. The Bertz CT molecular complexity index is 337. The van der Waals surface area contributed by atoms with Gasteiger partial charge in [-0.25, -0.2) is 4.79 Å². The van der Waals surface area contributed by atoms with E-state index in [2.05, 4.69) is 0 Å². The highest BCUT2D eigenvalue weighted by Crippen LogP contribution is 2.28. The Morgan fingerprint density at radius 3 is 1.85 bits per heavy atom. The number of nitrogens with zero attached hydrogens (tertiary/aromatic N) is 3. The molecule has 1 aliphatic heterocycles. The van der Waals surface area contributed by atoms with Gasteiger partial charge in [0, 0.05) is 46.8 Å². The van der Waals surface area contributed by atoms with Gasteiger partial charge in [0.05, 0.1) is 5.41 Å². The van der Waals surface area contributed by atoms with Crippen LogP contribution < -0.4 is 5.73 Å². The fourth-order valence-electron chi connectivity index (χ4n) is 2.65. The molecule has 0 bridgehead atoms. The van der Waals surface area contributed by atoms with Crippen molar-refractivity contribution in [2.24, 2.45) is 11.1 Å². The van der Waals surface area contributed by atoms with Gasteiger partial charge in [-0.3, -0.25) is 4.79 Å². The van der Waals surface area contributed by atoms with Gasteiger partial charge in [-0.1, -0.05) is 13.8 Å². The minimum atomic E-state index is -0.437. The lowest BCUT2D eigenvalue weighted by Crippen LogP contribution is -2.56. The lowest BCUT2D eigenvalue weighted by atomic mass is 9.81. The molecular formula is C14H28N4O2. The summed E-state index contributed by atoms with van der Waals surface area (Å²) in [5.41, 5.74) is 5.40. The first kappa shape index (κ1) is 16.8. The van der Waals surface area contributed by atoms with Crippen LogP contribution in [-0.4, -0.2) is 73.5 Å². The summed E-state index contributed by atoms with van der Waals surface area (Å²) >= 11 is 0. The third kappa shape index (κ3) is 3.23. The van der Waals surface area contributed by atoms with Crippen molar-refractivity contribution >= 4 is 11.9 Å². The van der Waals surface area contributed by atoms with Gasteiger partial charge in [0.1, 0.15) is 0 Å². The molecule has 0 aromatic carbocycles. The average molecular weight is 284 g/mol. The molecule has 0 radical (unpaired) electrons. The highest BCUT2D eigenvalue weighted by molar-refractivity contribution is 5.83. The average Bonchev–Trinajstić information content (AvgIpc) is 2.48. The number of piperazine rings is 1. The molecule has 6 nitrogen and oxygen atoms in total. The fraction of sp³-hybridized carbons (Fsp3) is 0.857. The summed E-state index contributed by atoms with van der Waals surface area (Å²) in [6.07, 6.45) is 1.52. The van der Waals surface area contributed by atoms with E-state index in [9.17, 15) is 9.59 Å². The lowest BCUT2D eigenvalue weighted by Gasteiger charge is -2.40. The van der Waals surface area contributed by atoms with Gasteiger partial charge in [0.2, 0.25) is 5.91 Å². The van der Waals surface area contributed by atoms with E-state index in [1.807, 2.05) is 18.7 Å². The highest BCUT2D eigenvalue weighted by atomic mass is 16.2. The molecule has 0 saturated carbocycles. The quantitative estimate of drug-likeness (QED) is 0.821. The van der Waals surface area contributed by atoms with E-state index >= 15 is 0 Å². The first-order valence-corrected chi connectivity index (χ1v) is 7.37. The van der Waals surface area contributed by atoms with Gasteiger partial charge in [0.15, 0.2) is 0 Å². The SMILES string of the molecule is CCC(CC)(CN)C(=O)N1CCN(C(=O)N(C)C)CC1. The van der Waals surface area contributed by atoms with Crippen LogP contribution in [0.2, 0.25) is 0 Å². The number of hydrogen-bond donors (Lipinski definition) is 1. The van der Waals surface area contributed by atoms with Gasteiger partial charge < -0.3 is 20.4 Å². The Morgan fingerprint density at radius 2 is 1.50 bits per heavy atom. The number of urea groups is 1. The Kier molecular flexibility index (Phi) is 5.80. The van der Waals surface area contributed by atoms with Crippen molar-refractivity contribution in [2.45, 2.75) is 26.7 Å². The van der Waals surface area contributed by atoms with Crippen LogP contribution in [0.1, 0.15) is 26.7 Å². The molecule has 0 unspecified atom stereocenters. The molecule has 6 heteroatoms. The molecule has 3 amide bonds. The van der Waals surface area contributed by atoms with Gasteiger partial charge in [-0.15, -0.1) is 0 Å². The Balaban J connectivity index is 2.65. The minimum Gasteiger partial charge on any atom is -0.339 e. The molecule has 116 valence electrons. The zero-order valence-corrected chi connectivity index (χ0v) is 13.2. The number of carbonyl (C=O) groups is 2. The van der Waals surface area contributed by atoms with Crippen molar-refractivity contribution in [1.29, 1.82) is 0 Å². The molecule has 1 heterocycles. The van der Waals surface area contributed by atoms with Gasteiger partial charge in [0.25, 0.3) is 0 Å². The van der Waals surface area contributed by atoms with Crippen LogP contribution >= 0.6 is 0 Å². The van der Waals surface area contributed by atoms with Crippen molar-refractivity contribution in [3.05, 3.63) is 0 Å². The molecule has 2 N–H and O–H groups in total. The number of amides is 3. The zero-order chi connectivity index (χ0) is 15.3. The van der Waals surface area contributed by atoms with E-state index in [1.54, 1.807) is 23.9 Å². The molecule has 0 atom stereocenters. The minimum absolute atomic E-state index is 0.00756. The third-order valence-corrected chi connectivity index (χ3v) is 4.42. The van der Waals surface area contributed by atoms with Crippen LogP contribution in [0.25, 0.3) is 0 Å². The van der Waals surface area contributed by atoms with E-state index < -0.39 is 5.41 Å². The zero-order valence-electron chi connectivity index (χ0n) is 13.2. The van der Waals surface area contributed by atoms with E-state index in [4.69, 9.17) is 5.73 Å². The third-order valence-electron chi connectivity index (χ3n) is 4.42. The number of nitrogens with two attached hydrogens (primary N) is 1. The monoisotopic (exact) mass is 284 g/mol. The van der Waals surface area contributed by atoms with Gasteiger partial charge in [-0.05, 0) is 12.8 Å². The summed E-state index contributed by atoms with van der Waals surface area (Å²) in [7, 11) is 3.49. The molecule has 1 saturated heterocycles. The summed E-state index contributed by atoms with van der Waals surface area (Å²) in [4.78, 5) is 29.7. The van der Waals surface area contributed by atoms with Crippen LogP contribution in [0.3, 0.4) is 0 Å². The molecule has 1 rings (SSSR count). The highest BCUT2D eigenvalue weighted by Gasteiger charge is 2.38. The Labute approximate surface area is 121 Å².